The van der Waals surface area contributed by atoms with Gasteiger partial charge in [-0.25, -0.2) is 13.2 Å². The molecule has 1 heterocycles. The van der Waals surface area contributed by atoms with Crippen molar-refractivity contribution in [3.05, 3.63) is 76.2 Å². The summed E-state index contributed by atoms with van der Waals surface area (Å²) >= 11 is 1.40. The van der Waals surface area contributed by atoms with Gasteiger partial charge in [0.1, 0.15) is 5.00 Å². The van der Waals surface area contributed by atoms with Gasteiger partial charge in [0.05, 0.1) is 17.6 Å². The largest absolute Gasteiger partial charge is 0.465 e. The molecular formula is C24H24N2O5S2. The Balaban J connectivity index is 1.58. The lowest BCUT2D eigenvalue weighted by Gasteiger charge is -2.18. The molecule has 2 N–H and O–H groups in total. The van der Waals surface area contributed by atoms with E-state index in [0.717, 1.165) is 29.7 Å². The third-order valence-electron chi connectivity index (χ3n) is 5.56. The van der Waals surface area contributed by atoms with Gasteiger partial charge in [-0.15, -0.1) is 11.3 Å². The predicted octanol–water partition coefficient (Wildman–Crippen LogP) is 4.71. The Hall–Kier alpha value is -3.17. The molecule has 1 unspecified atom stereocenters. The lowest BCUT2D eigenvalue weighted by Crippen LogP contribution is -2.17. The van der Waals surface area contributed by atoms with Crippen molar-refractivity contribution < 1.29 is 22.7 Å². The van der Waals surface area contributed by atoms with Crippen LogP contribution in [0.3, 0.4) is 0 Å². The molecule has 0 bridgehead atoms. The van der Waals surface area contributed by atoms with Crippen molar-refractivity contribution in [3.8, 4) is 0 Å². The number of anilines is 2. The SMILES string of the molecule is COC(=O)c1c(NC(=O)c2cccc(NS(=O)(=O)c3ccccc3)c2)sc2c1CCC(C)C2. The molecule has 1 aliphatic carbocycles. The highest BCUT2D eigenvalue weighted by atomic mass is 32.2. The Morgan fingerprint density at radius 1 is 1.09 bits per heavy atom. The summed E-state index contributed by atoms with van der Waals surface area (Å²) in [6.45, 7) is 2.17. The zero-order valence-electron chi connectivity index (χ0n) is 18.3. The van der Waals surface area contributed by atoms with Crippen LogP contribution in [0.2, 0.25) is 0 Å². The zero-order chi connectivity index (χ0) is 23.6. The van der Waals surface area contributed by atoms with Gasteiger partial charge in [-0.1, -0.05) is 31.2 Å². The van der Waals surface area contributed by atoms with Crippen molar-refractivity contribution in [1.29, 1.82) is 0 Å². The lowest BCUT2D eigenvalue weighted by molar-refractivity contribution is 0.0601. The van der Waals surface area contributed by atoms with E-state index in [1.165, 1.54) is 36.6 Å². The van der Waals surface area contributed by atoms with E-state index in [0.29, 0.717) is 16.5 Å². The van der Waals surface area contributed by atoms with Crippen LogP contribution in [0.15, 0.2) is 59.5 Å². The summed E-state index contributed by atoms with van der Waals surface area (Å²) < 4.78 is 32.7. The standard InChI is InChI=1S/C24H24N2O5S2/c1-15-11-12-19-20(13-15)32-23(21(19)24(28)31-2)25-22(27)16-7-6-8-17(14-16)26-33(29,30)18-9-4-3-5-10-18/h3-10,14-15,26H,11-13H2,1-2H3,(H,25,27). The average Bonchev–Trinajstić information content (AvgIpc) is 3.15. The lowest BCUT2D eigenvalue weighted by atomic mass is 9.88. The normalized spacial score (nSPS) is 15.4. The molecule has 9 heteroatoms. The summed E-state index contributed by atoms with van der Waals surface area (Å²) in [6, 6.07) is 14.2. The number of hydrogen-bond acceptors (Lipinski definition) is 6. The van der Waals surface area contributed by atoms with Crippen molar-refractivity contribution in [2.24, 2.45) is 5.92 Å². The first-order valence-corrected chi connectivity index (χ1v) is 12.8. The number of amides is 1. The van der Waals surface area contributed by atoms with E-state index in [2.05, 4.69) is 17.0 Å². The molecule has 0 fully saturated rings. The highest BCUT2D eigenvalue weighted by Gasteiger charge is 2.29. The number of rotatable bonds is 6. The van der Waals surface area contributed by atoms with Gasteiger partial charge in [0, 0.05) is 16.1 Å². The Morgan fingerprint density at radius 2 is 1.85 bits per heavy atom. The Kier molecular flexibility index (Phi) is 6.53. The van der Waals surface area contributed by atoms with E-state index in [9.17, 15) is 18.0 Å². The topological polar surface area (TPSA) is 102 Å². The third-order valence-corrected chi connectivity index (χ3v) is 8.13. The zero-order valence-corrected chi connectivity index (χ0v) is 19.9. The Bertz CT molecular complexity index is 1300. The number of methoxy groups -OCH3 is 1. The molecule has 3 aromatic rings. The fourth-order valence-corrected chi connectivity index (χ4v) is 6.33. The van der Waals surface area contributed by atoms with Gasteiger partial charge in [-0.2, -0.15) is 0 Å². The summed E-state index contributed by atoms with van der Waals surface area (Å²) in [5.74, 6) is -0.395. The van der Waals surface area contributed by atoms with Gasteiger partial charge in [0.25, 0.3) is 15.9 Å². The number of ether oxygens (including phenoxy) is 1. The number of nitrogens with one attached hydrogen (secondary N) is 2. The maximum Gasteiger partial charge on any atom is 0.341 e. The van der Waals surface area contributed by atoms with Crippen LogP contribution >= 0.6 is 11.3 Å². The van der Waals surface area contributed by atoms with Gasteiger partial charge in [0.15, 0.2) is 0 Å². The van der Waals surface area contributed by atoms with E-state index < -0.39 is 21.9 Å². The number of benzene rings is 2. The molecule has 1 aliphatic rings. The van der Waals surface area contributed by atoms with Gasteiger partial charge < -0.3 is 10.1 Å². The van der Waals surface area contributed by atoms with Gasteiger partial charge in [-0.05, 0) is 61.1 Å². The molecule has 172 valence electrons. The second-order valence-electron chi connectivity index (χ2n) is 8.00. The van der Waals surface area contributed by atoms with Gasteiger partial charge in [-0.3, -0.25) is 9.52 Å². The highest BCUT2D eigenvalue weighted by Crippen LogP contribution is 2.40. The monoisotopic (exact) mass is 484 g/mol. The number of carbonyl (C=O) groups is 2. The van der Waals surface area contributed by atoms with Crippen molar-refractivity contribution >= 4 is 43.9 Å². The highest BCUT2D eigenvalue weighted by molar-refractivity contribution is 7.92. The first kappa shape index (κ1) is 23.0. The van der Waals surface area contributed by atoms with Gasteiger partial charge in [0.2, 0.25) is 0 Å². The minimum absolute atomic E-state index is 0.126. The van der Waals surface area contributed by atoms with Crippen molar-refractivity contribution in [2.75, 3.05) is 17.1 Å². The molecule has 0 radical (unpaired) electrons. The number of esters is 1. The van der Waals surface area contributed by atoms with E-state index in [-0.39, 0.29) is 16.1 Å². The van der Waals surface area contributed by atoms with Crippen molar-refractivity contribution in [3.63, 3.8) is 0 Å². The minimum atomic E-state index is -3.78. The van der Waals surface area contributed by atoms with Crippen LogP contribution < -0.4 is 10.0 Å². The molecule has 7 nitrogen and oxygen atoms in total. The fourth-order valence-electron chi connectivity index (χ4n) is 3.87. The maximum atomic E-state index is 13.0. The molecule has 4 rings (SSSR count). The summed E-state index contributed by atoms with van der Waals surface area (Å²) in [5.41, 5.74) is 1.89. The quantitative estimate of drug-likeness (QED) is 0.493. The van der Waals surface area contributed by atoms with Crippen LogP contribution in [0.5, 0.6) is 0 Å². The number of fused-ring (bicyclic) bond motifs is 1. The third kappa shape index (κ3) is 4.94. The molecule has 0 spiro atoms. The molecule has 0 saturated carbocycles. The number of sulfonamides is 1. The Morgan fingerprint density at radius 3 is 2.58 bits per heavy atom. The smallest absolute Gasteiger partial charge is 0.341 e. The van der Waals surface area contributed by atoms with E-state index in [4.69, 9.17) is 4.74 Å². The predicted molar refractivity (Wildman–Crippen MR) is 128 cm³/mol. The average molecular weight is 485 g/mol. The molecule has 1 atom stereocenters. The Labute approximate surface area is 196 Å². The number of hydrogen-bond donors (Lipinski definition) is 2. The molecular weight excluding hydrogens is 460 g/mol. The number of thiophene rings is 1. The summed E-state index contributed by atoms with van der Waals surface area (Å²) in [6.07, 6.45) is 2.60. The van der Waals surface area contributed by atoms with Crippen LogP contribution in [0, 0.1) is 5.92 Å². The molecule has 1 aromatic heterocycles. The van der Waals surface area contributed by atoms with E-state index >= 15 is 0 Å². The summed E-state index contributed by atoms with van der Waals surface area (Å²) in [7, 11) is -2.46. The second-order valence-corrected chi connectivity index (χ2v) is 10.8. The molecule has 0 saturated heterocycles. The van der Waals surface area contributed by atoms with Crippen molar-refractivity contribution in [1.82, 2.24) is 0 Å². The van der Waals surface area contributed by atoms with Crippen LogP contribution in [0.25, 0.3) is 0 Å². The summed E-state index contributed by atoms with van der Waals surface area (Å²) in [4.78, 5) is 26.7. The van der Waals surface area contributed by atoms with Crippen LogP contribution in [0.1, 0.15) is 44.5 Å². The van der Waals surface area contributed by atoms with E-state index in [1.54, 1.807) is 36.4 Å². The van der Waals surface area contributed by atoms with Gasteiger partial charge >= 0.3 is 5.97 Å². The van der Waals surface area contributed by atoms with Crippen LogP contribution in [-0.2, 0) is 27.6 Å². The van der Waals surface area contributed by atoms with Crippen LogP contribution in [-0.4, -0.2) is 27.4 Å². The molecule has 2 aromatic carbocycles. The number of carbonyl (C=O) groups excluding carboxylic acids is 2. The molecule has 33 heavy (non-hydrogen) atoms. The fraction of sp³-hybridized carbons (Fsp3) is 0.250. The maximum absolute atomic E-state index is 13.0. The minimum Gasteiger partial charge on any atom is -0.465 e. The van der Waals surface area contributed by atoms with Crippen LogP contribution in [0.4, 0.5) is 10.7 Å². The van der Waals surface area contributed by atoms with Crippen molar-refractivity contribution in [2.45, 2.75) is 31.1 Å². The molecule has 1 amide bonds. The van der Waals surface area contributed by atoms with E-state index in [1.807, 2.05) is 0 Å². The first-order valence-electron chi connectivity index (χ1n) is 10.5. The second kappa shape index (κ2) is 9.36. The summed E-state index contributed by atoms with van der Waals surface area (Å²) in [5, 5.41) is 3.30. The first-order chi connectivity index (χ1) is 15.8. The molecule has 0 aliphatic heterocycles.